The Morgan fingerprint density at radius 2 is 1.94 bits per heavy atom. The van der Waals surface area contributed by atoms with Gasteiger partial charge in [-0.15, -0.1) is 0 Å². The van der Waals surface area contributed by atoms with Crippen molar-refractivity contribution in [1.29, 1.82) is 0 Å². The van der Waals surface area contributed by atoms with Gasteiger partial charge >= 0.3 is 0 Å². The van der Waals surface area contributed by atoms with E-state index in [0.717, 1.165) is 12.5 Å². The van der Waals surface area contributed by atoms with Crippen molar-refractivity contribution in [2.75, 3.05) is 13.6 Å². The molecule has 0 aromatic carbocycles. The first kappa shape index (κ1) is 13.2. The third-order valence-electron chi connectivity index (χ3n) is 3.56. The fraction of sp³-hybridized carbons (Fsp3) is 0.500. The van der Waals surface area contributed by atoms with Crippen LogP contribution in [0.3, 0.4) is 0 Å². The number of likely N-dealkylation sites (N-methyl/N-ethyl adjacent to an activating group) is 1. The average Bonchev–Trinajstić information content (AvgIpc) is 3.20. The summed E-state index contributed by atoms with van der Waals surface area (Å²) in [5.74, 6) is 0. The van der Waals surface area contributed by atoms with Gasteiger partial charge in [0.05, 0.1) is 0 Å². The Morgan fingerprint density at radius 1 is 1.17 bits per heavy atom. The first-order chi connectivity index (χ1) is 8.84. The maximum atomic E-state index is 2.49. The average molecular weight is 244 g/mol. The highest BCUT2D eigenvalue weighted by atomic mass is 15.1. The summed E-state index contributed by atoms with van der Waals surface area (Å²) in [5.41, 5.74) is 2.82. The van der Waals surface area contributed by atoms with Crippen LogP contribution < -0.4 is 0 Å². The molecule has 0 saturated heterocycles. The lowest BCUT2D eigenvalue weighted by Crippen LogP contribution is -2.23. The summed E-state index contributed by atoms with van der Waals surface area (Å²) in [6, 6.07) is 9.51. The minimum absolute atomic E-state index is 0.869. The van der Waals surface area contributed by atoms with Crippen LogP contribution in [0.1, 0.15) is 32.3 Å². The summed E-state index contributed by atoms with van der Waals surface area (Å²) in [6.45, 7) is 5.18. The fourth-order valence-corrected chi connectivity index (χ4v) is 2.32. The first-order valence-corrected chi connectivity index (χ1v) is 7.09. The van der Waals surface area contributed by atoms with Crippen molar-refractivity contribution in [3.05, 3.63) is 42.2 Å². The van der Waals surface area contributed by atoms with Gasteiger partial charge in [0.1, 0.15) is 0 Å². The lowest BCUT2D eigenvalue weighted by atomic mass is 10.2. The summed E-state index contributed by atoms with van der Waals surface area (Å²) in [4.78, 5) is 2.49. The largest absolute Gasteiger partial charge is 0.324 e. The maximum absolute atomic E-state index is 2.49. The molecule has 0 bridgehead atoms. The monoisotopic (exact) mass is 244 g/mol. The molecule has 1 aliphatic carbocycles. The van der Waals surface area contributed by atoms with Crippen LogP contribution in [0, 0.1) is 0 Å². The second-order valence-corrected chi connectivity index (χ2v) is 4.80. The predicted octanol–water partition coefficient (Wildman–Crippen LogP) is 3.60. The highest BCUT2D eigenvalue weighted by molar-refractivity contribution is 5.55. The number of hydrogen-bond acceptors (Lipinski definition) is 1. The van der Waals surface area contributed by atoms with Gasteiger partial charge in [0.25, 0.3) is 0 Å². The molecule has 1 saturated carbocycles. The Balaban J connectivity index is 0.000000574. The van der Waals surface area contributed by atoms with Crippen LogP contribution in [-0.2, 0) is 6.42 Å². The minimum atomic E-state index is 0.869. The van der Waals surface area contributed by atoms with Crippen LogP contribution in [0.2, 0.25) is 0 Å². The highest BCUT2D eigenvalue weighted by Gasteiger charge is 2.25. The zero-order valence-electron chi connectivity index (χ0n) is 11.8. The molecule has 3 rings (SSSR count). The Bertz CT molecular complexity index is 483. The second kappa shape index (κ2) is 6.05. The smallest absolute Gasteiger partial charge is 0.0482 e. The van der Waals surface area contributed by atoms with Crippen LogP contribution in [0.15, 0.2) is 36.7 Å². The molecule has 2 aromatic rings. The van der Waals surface area contributed by atoms with Gasteiger partial charge in [-0.3, -0.25) is 0 Å². The maximum Gasteiger partial charge on any atom is 0.0482 e. The molecule has 1 aliphatic rings. The Kier molecular flexibility index (Phi) is 4.43. The second-order valence-electron chi connectivity index (χ2n) is 4.80. The standard InChI is InChI=1S/C14H18N2.C2H6/c1-15(13-5-6-13)10-7-12-8-11-16-9-3-2-4-14(12)16;1-2/h2-4,8-9,11,13H,5-7,10H2,1H3;1-2H3. The molecule has 18 heavy (non-hydrogen) atoms. The van der Waals surface area contributed by atoms with Crippen molar-refractivity contribution < 1.29 is 0 Å². The third kappa shape index (κ3) is 2.94. The van der Waals surface area contributed by atoms with Crippen molar-refractivity contribution in [2.24, 2.45) is 0 Å². The predicted molar refractivity (Wildman–Crippen MR) is 78.1 cm³/mol. The molecule has 98 valence electrons. The molecular weight excluding hydrogens is 220 g/mol. The molecule has 0 spiro atoms. The van der Waals surface area contributed by atoms with Crippen LogP contribution in [-0.4, -0.2) is 28.9 Å². The summed E-state index contributed by atoms with van der Waals surface area (Å²) >= 11 is 0. The molecule has 2 aromatic heterocycles. The van der Waals surface area contributed by atoms with E-state index in [0.29, 0.717) is 0 Å². The molecule has 0 N–H and O–H groups in total. The van der Waals surface area contributed by atoms with E-state index in [1.807, 2.05) is 13.8 Å². The Labute approximate surface area is 110 Å². The van der Waals surface area contributed by atoms with E-state index in [4.69, 9.17) is 0 Å². The molecule has 0 radical (unpaired) electrons. The quantitative estimate of drug-likeness (QED) is 0.797. The van der Waals surface area contributed by atoms with Crippen molar-refractivity contribution in [2.45, 2.75) is 39.2 Å². The van der Waals surface area contributed by atoms with Crippen LogP contribution in [0.5, 0.6) is 0 Å². The number of aromatic nitrogens is 1. The molecule has 0 atom stereocenters. The lowest BCUT2D eigenvalue weighted by molar-refractivity contribution is 0.329. The number of fused-ring (bicyclic) bond motifs is 1. The van der Waals surface area contributed by atoms with Gasteiger partial charge in [-0.2, -0.15) is 0 Å². The molecule has 2 nitrogen and oxygen atoms in total. The summed E-state index contributed by atoms with van der Waals surface area (Å²) in [5, 5.41) is 0. The van der Waals surface area contributed by atoms with Crippen molar-refractivity contribution in [3.8, 4) is 0 Å². The topological polar surface area (TPSA) is 7.65 Å². The van der Waals surface area contributed by atoms with Crippen LogP contribution in [0.25, 0.3) is 5.52 Å². The van der Waals surface area contributed by atoms with E-state index in [2.05, 4.69) is 53.0 Å². The van der Waals surface area contributed by atoms with Gasteiger partial charge in [-0.05, 0) is 50.1 Å². The van der Waals surface area contributed by atoms with Gasteiger partial charge in [0.2, 0.25) is 0 Å². The number of hydrogen-bond donors (Lipinski definition) is 0. The van der Waals surface area contributed by atoms with E-state index in [1.165, 1.54) is 30.5 Å². The van der Waals surface area contributed by atoms with Gasteiger partial charge in [0.15, 0.2) is 0 Å². The van der Waals surface area contributed by atoms with E-state index in [-0.39, 0.29) is 0 Å². The first-order valence-electron chi connectivity index (χ1n) is 7.09. The van der Waals surface area contributed by atoms with E-state index >= 15 is 0 Å². The normalized spacial score (nSPS) is 14.7. The van der Waals surface area contributed by atoms with Gasteiger partial charge in [-0.1, -0.05) is 19.9 Å². The van der Waals surface area contributed by atoms with E-state index in [9.17, 15) is 0 Å². The Morgan fingerprint density at radius 3 is 2.67 bits per heavy atom. The zero-order valence-corrected chi connectivity index (χ0v) is 11.8. The molecular formula is C16H24N2. The Hall–Kier alpha value is -1.28. The third-order valence-corrected chi connectivity index (χ3v) is 3.56. The van der Waals surface area contributed by atoms with Gasteiger partial charge in [-0.25, -0.2) is 0 Å². The minimum Gasteiger partial charge on any atom is -0.324 e. The van der Waals surface area contributed by atoms with E-state index < -0.39 is 0 Å². The van der Waals surface area contributed by atoms with Crippen LogP contribution in [0.4, 0.5) is 0 Å². The molecule has 2 heteroatoms. The van der Waals surface area contributed by atoms with E-state index in [1.54, 1.807) is 0 Å². The molecule has 2 heterocycles. The van der Waals surface area contributed by atoms with Crippen molar-refractivity contribution in [1.82, 2.24) is 9.30 Å². The van der Waals surface area contributed by atoms with Crippen molar-refractivity contribution >= 4 is 5.52 Å². The van der Waals surface area contributed by atoms with Gasteiger partial charge in [0, 0.05) is 30.5 Å². The number of pyridine rings is 1. The van der Waals surface area contributed by atoms with Crippen molar-refractivity contribution in [3.63, 3.8) is 0 Å². The summed E-state index contributed by atoms with van der Waals surface area (Å²) < 4.78 is 2.20. The van der Waals surface area contributed by atoms with Gasteiger partial charge < -0.3 is 9.30 Å². The molecule has 1 fully saturated rings. The molecule has 0 amide bonds. The number of nitrogens with zero attached hydrogens (tertiary/aromatic N) is 2. The molecule has 0 unspecified atom stereocenters. The fourth-order valence-electron chi connectivity index (χ4n) is 2.32. The summed E-state index contributed by atoms with van der Waals surface area (Å²) in [6.07, 6.45) is 8.22. The molecule has 0 aliphatic heterocycles. The van der Waals surface area contributed by atoms with Crippen LogP contribution >= 0.6 is 0 Å². The summed E-state index contributed by atoms with van der Waals surface area (Å²) in [7, 11) is 2.25. The SMILES string of the molecule is CC.CN(CCc1ccn2ccccc12)C1CC1. The zero-order chi connectivity index (χ0) is 13.0. The number of rotatable bonds is 4. The highest BCUT2D eigenvalue weighted by Crippen LogP contribution is 2.25. The lowest BCUT2D eigenvalue weighted by Gasteiger charge is -2.14.